The Morgan fingerprint density at radius 3 is 2.41 bits per heavy atom. The third-order valence-electron chi connectivity index (χ3n) is 4.57. The lowest BCUT2D eigenvalue weighted by Crippen LogP contribution is -2.48. The summed E-state index contributed by atoms with van der Waals surface area (Å²) in [6.07, 6.45) is 0.914. The highest BCUT2D eigenvalue weighted by Gasteiger charge is 2.21. The summed E-state index contributed by atoms with van der Waals surface area (Å²) in [6.45, 7) is 8.33. The number of halogens is 2. The number of rotatable bonds is 8. The van der Waals surface area contributed by atoms with Crippen LogP contribution in [0.5, 0.6) is 0 Å². The van der Waals surface area contributed by atoms with Crippen LogP contribution >= 0.6 is 0 Å². The summed E-state index contributed by atoms with van der Waals surface area (Å²) in [5.41, 5.74) is 2.37. The van der Waals surface area contributed by atoms with Crippen LogP contribution in [-0.2, 0) is 23.2 Å². The molecule has 0 aliphatic carbocycles. The van der Waals surface area contributed by atoms with Crippen molar-refractivity contribution in [2.75, 3.05) is 6.54 Å². The van der Waals surface area contributed by atoms with Crippen LogP contribution in [0.4, 0.5) is 8.78 Å². The van der Waals surface area contributed by atoms with E-state index in [1.165, 1.54) is 19.1 Å². The molecule has 2 rings (SSSR count). The summed E-state index contributed by atoms with van der Waals surface area (Å²) >= 11 is 0. The van der Waals surface area contributed by atoms with E-state index >= 15 is 0 Å². The van der Waals surface area contributed by atoms with Gasteiger partial charge in [-0.2, -0.15) is 0 Å². The van der Waals surface area contributed by atoms with Gasteiger partial charge in [0.05, 0.1) is 17.8 Å². The molecule has 1 aromatic carbocycles. The van der Waals surface area contributed by atoms with Crippen molar-refractivity contribution < 1.29 is 18.7 Å². The molecular weight excluding hydrogens is 376 g/mol. The number of pyridine rings is 1. The van der Waals surface area contributed by atoms with Crippen molar-refractivity contribution in [2.24, 2.45) is 0 Å². The Morgan fingerprint density at radius 1 is 1.17 bits per heavy atom. The number of hydrogen-bond donors (Lipinski definition) is 3. The molecule has 2 aromatic rings. The monoisotopic (exact) mass is 405 g/mol. The number of aliphatic hydroxyl groups excluding tert-OH is 1. The van der Waals surface area contributed by atoms with E-state index in [0.717, 1.165) is 17.3 Å². The fraction of sp³-hybridized carbons (Fsp3) is 0.455. The van der Waals surface area contributed by atoms with Gasteiger partial charge in [-0.05, 0) is 47.2 Å². The zero-order chi connectivity index (χ0) is 21.6. The summed E-state index contributed by atoms with van der Waals surface area (Å²) in [5, 5.41) is 16.3. The Kier molecular flexibility index (Phi) is 7.81. The molecule has 2 atom stereocenters. The van der Waals surface area contributed by atoms with Crippen molar-refractivity contribution in [3.8, 4) is 0 Å². The minimum absolute atomic E-state index is 0.00788. The maximum absolute atomic E-state index is 13.4. The molecule has 7 heteroatoms. The van der Waals surface area contributed by atoms with Crippen LogP contribution in [0, 0.1) is 11.6 Å². The van der Waals surface area contributed by atoms with Gasteiger partial charge in [0.1, 0.15) is 11.6 Å². The molecule has 1 heterocycles. The molecule has 0 saturated carbocycles. The molecule has 0 spiro atoms. The molecule has 1 amide bonds. The highest BCUT2D eigenvalue weighted by molar-refractivity contribution is 5.73. The van der Waals surface area contributed by atoms with Crippen molar-refractivity contribution >= 4 is 5.91 Å². The second-order valence-corrected chi connectivity index (χ2v) is 8.27. The highest BCUT2D eigenvalue weighted by atomic mass is 19.1. The third-order valence-corrected chi connectivity index (χ3v) is 4.57. The highest BCUT2D eigenvalue weighted by Crippen LogP contribution is 2.21. The molecule has 0 aliphatic heterocycles. The molecule has 29 heavy (non-hydrogen) atoms. The molecule has 158 valence electrons. The number of aliphatic hydroxyl groups is 1. The van der Waals surface area contributed by atoms with E-state index in [4.69, 9.17) is 0 Å². The lowest BCUT2D eigenvalue weighted by Gasteiger charge is -2.24. The summed E-state index contributed by atoms with van der Waals surface area (Å²) in [6, 6.07) is 6.48. The first-order chi connectivity index (χ1) is 13.5. The number of amides is 1. The van der Waals surface area contributed by atoms with Gasteiger partial charge in [-0.25, -0.2) is 8.78 Å². The third kappa shape index (κ3) is 7.51. The number of carbonyl (C=O) groups is 1. The lowest BCUT2D eigenvalue weighted by atomic mass is 9.87. The van der Waals surface area contributed by atoms with Crippen LogP contribution in [0.2, 0.25) is 0 Å². The van der Waals surface area contributed by atoms with E-state index < -0.39 is 23.8 Å². The van der Waals surface area contributed by atoms with Crippen LogP contribution in [0.1, 0.15) is 44.5 Å². The number of nitrogens with one attached hydrogen (secondary N) is 2. The first-order valence-corrected chi connectivity index (χ1v) is 9.61. The average molecular weight is 405 g/mol. The van der Waals surface area contributed by atoms with Gasteiger partial charge in [0.15, 0.2) is 0 Å². The number of aromatic nitrogens is 1. The maximum Gasteiger partial charge on any atom is 0.217 e. The summed E-state index contributed by atoms with van der Waals surface area (Å²) < 4.78 is 26.9. The largest absolute Gasteiger partial charge is 0.390 e. The molecule has 5 nitrogen and oxygen atoms in total. The average Bonchev–Trinajstić information content (AvgIpc) is 2.59. The Balaban J connectivity index is 1.99. The Bertz CT molecular complexity index is 817. The number of carbonyl (C=O) groups excluding carboxylic acids is 1. The molecule has 0 fully saturated rings. The molecule has 0 aliphatic rings. The quantitative estimate of drug-likeness (QED) is 0.631. The topological polar surface area (TPSA) is 74.2 Å². The van der Waals surface area contributed by atoms with Crippen LogP contribution in [0.25, 0.3) is 0 Å². The Labute approximate surface area is 170 Å². The predicted octanol–water partition coefficient (Wildman–Crippen LogP) is 2.86. The van der Waals surface area contributed by atoms with Crippen molar-refractivity contribution in [1.29, 1.82) is 0 Å². The first-order valence-electron chi connectivity index (χ1n) is 9.61. The minimum atomic E-state index is -0.948. The smallest absolute Gasteiger partial charge is 0.217 e. The number of benzene rings is 1. The van der Waals surface area contributed by atoms with Crippen molar-refractivity contribution in [3.05, 3.63) is 65.0 Å². The molecule has 0 radical (unpaired) electrons. The van der Waals surface area contributed by atoms with Gasteiger partial charge < -0.3 is 15.7 Å². The van der Waals surface area contributed by atoms with E-state index in [-0.39, 0.29) is 24.3 Å². The van der Waals surface area contributed by atoms with Gasteiger partial charge in [-0.3, -0.25) is 9.78 Å². The van der Waals surface area contributed by atoms with Gasteiger partial charge in [0, 0.05) is 32.3 Å². The molecular formula is C22H29F2N3O2. The number of nitrogens with zero attached hydrogens (tertiary/aromatic N) is 1. The Morgan fingerprint density at radius 2 is 1.83 bits per heavy atom. The van der Waals surface area contributed by atoms with Crippen LogP contribution in [0.3, 0.4) is 0 Å². The van der Waals surface area contributed by atoms with E-state index in [0.29, 0.717) is 12.1 Å². The second kappa shape index (κ2) is 9.89. The standard InChI is InChI=1S/C22H29F2N3O2/c1-14(28)27-20(9-15-7-17(23)11-18(24)8-15)21(29)13-25-12-19-10-16(5-6-26-19)22(2,3)4/h5-8,10-11,20-21,25,29H,9,12-13H2,1-4H3,(H,27,28)/t20-,21+/m0/s1. The van der Waals surface area contributed by atoms with Crippen LogP contribution in [-0.4, -0.2) is 34.7 Å². The van der Waals surface area contributed by atoms with E-state index in [9.17, 15) is 18.7 Å². The zero-order valence-electron chi connectivity index (χ0n) is 17.3. The van der Waals surface area contributed by atoms with Crippen molar-refractivity contribution in [2.45, 2.75) is 58.2 Å². The van der Waals surface area contributed by atoms with Crippen LogP contribution < -0.4 is 10.6 Å². The maximum atomic E-state index is 13.4. The molecule has 0 unspecified atom stereocenters. The van der Waals surface area contributed by atoms with Crippen molar-refractivity contribution in [1.82, 2.24) is 15.6 Å². The fourth-order valence-corrected chi connectivity index (χ4v) is 3.06. The first kappa shape index (κ1) is 22.9. The summed E-state index contributed by atoms with van der Waals surface area (Å²) in [4.78, 5) is 15.8. The lowest BCUT2D eigenvalue weighted by molar-refractivity contribution is -0.120. The Hall–Kier alpha value is -2.38. The normalized spacial score (nSPS) is 13.8. The summed E-state index contributed by atoms with van der Waals surface area (Å²) in [7, 11) is 0. The van der Waals surface area contributed by atoms with Gasteiger partial charge in [0.2, 0.25) is 5.91 Å². The molecule has 1 aromatic heterocycles. The molecule has 3 N–H and O–H groups in total. The zero-order valence-corrected chi connectivity index (χ0v) is 17.3. The van der Waals surface area contributed by atoms with Gasteiger partial charge in [-0.15, -0.1) is 0 Å². The van der Waals surface area contributed by atoms with E-state index in [2.05, 4.69) is 36.4 Å². The SMILES string of the molecule is CC(=O)N[C@@H](Cc1cc(F)cc(F)c1)[C@H](O)CNCc1cc(C(C)(C)C)ccn1. The van der Waals surface area contributed by atoms with Gasteiger partial charge in [-0.1, -0.05) is 20.8 Å². The number of hydrogen-bond acceptors (Lipinski definition) is 4. The molecule has 0 saturated heterocycles. The second-order valence-electron chi connectivity index (χ2n) is 8.27. The predicted molar refractivity (Wildman–Crippen MR) is 108 cm³/mol. The fourth-order valence-electron chi connectivity index (χ4n) is 3.06. The van der Waals surface area contributed by atoms with Crippen LogP contribution in [0.15, 0.2) is 36.5 Å². The van der Waals surface area contributed by atoms with Crippen molar-refractivity contribution in [3.63, 3.8) is 0 Å². The summed E-state index contributed by atoms with van der Waals surface area (Å²) in [5.74, 6) is -1.72. The molecule has 0 bridgehead atoms. The van der Waals surface area contributed by atoms with Gasteiger partial charge >= 0.3 is 0 Å². The minimum Gasteiger partial charge on any atom is -0.390 e. The van der Waals surface area contributed by atoms with E-state index in [1.807, 2.05) is 12.1 Å². The van der Waals surface area contributed by atoms with E-state index in [1.54, 1.807) is 6.20 Å². The van der Waals surface area contributed by atoms with Gasteiger partial charge in [0.25, 0.3) is 0 Å².